The zero-order valence-electron chi connectivity index (χ0n) is 16.6. The molecule has 1 atom stereocenters. The quantitative estimate of drug-likeness (QED) is 0.769. The number of carbonyl (C=O) groups excluding carboxylic acids is 4. The number of nitrogens with one attached hydrogen (secondary N) is 2. The summed E-state index contributed by atoms with van der Waals surface area (Å²) in [4.78, 5) is 51.6. The fourth-order valence-electron chi connectivity index (χ4n) is 4.65. The second-order valence-electron chi connectivity index (χ2n) is 8.29. The number of nitrogens with zero attached hydrogens (tertiary/aromatic N) is 1. The molecular formula is C23H21N3O4. The van der Waals surface area contributed by atoms with Crippen molar-refractivity contribution in [2.45, 2.75) is 44.6 Å². The maximum Gasteiger partial charge on any atom is 0.264 e. The average Bonchev–Trinajstić information content (AvgIpc) is 3.28. The molecule has 1 aliphatic carbocycles. The van der Waals surface area contributed by atoms with Gasteiger partial charge in [0.1, 0.15) is 5.54 Å². The van der Waals surface area contributed by atoms with E-state index >= 15 is 0 Å². The number of piperidine rings is 1. The second-order valence-corrected chi connectivity index (χ2v) is 8.29. The zero-order chi connectivity index (χ0) is 21.0. The normalized spacial score (nSPS) is 22.8. The molecule has 7 nitrogen and oxygen atoms in total. The van der Waals surface area contributed by atoms with Crippen molar-refractivity contribution in [1.29, 1.82) is 0 Å². The summed E-state index contributed by atoms with van der Waals surface area (Å²) < 4.78 is 0. The minimum absolute atomic E-state index is 0.0792. The number of benzene rings is 2. The first kappa shape index (κ1) is 18.5. The van der Waals surface area contributed by atoms with E-state index in [1.807, 2.05) is 6.07 Å². The molecule has 7 heteroatoms. The molecule has 5 rings (SSSR count). The van der Waals surface area contributed by atoms with E-state index in [-0.39, 0.29) is 24.0 Å². The van der Waals surface area contributed by atoms with E-state index in [2.05, 4.69) is 22.8 Å². The molecular weight excluding hydrogens is 382 g/mol. The van der Waals surface area contributed by atoms with Crippen molar-refractivity contribution in [3.63, 3.8) is 0 Å². The summed E-state index contributed by atoms with van der Waals surface area (Å²) in [5, 5.41) is 5.54. The van der Waals surface area contributed by atoms with E-state index in [1.54, 1.807) is 18.2 Å². The largest absolute Gasteiger partial charge is 0.355 e. The van der Waals surface area contributed by atoms with Crippen LogP contribution < -0.4 is 10.6 Å². The molecule has 2 aromatic carbocycles. The van der Waals surface area contributed by atoms with Gasteiger partial charge in [-0.1, -0.05) is 12.1 Å². The Morgan fingerprint density at radius 3 is 2.57 bits per heavy atom. The molecule has 0 aromatic heterocycles. The Bertz CT molecular complexity index is 1140. The Hall–Kier alpha value is -3.48. The van der Waals surface area contributed by atoms with Crippen LogP contribution in [0.2, 0.25) is 0 Å². The number of anilines is 2. The van der Waals surface area contributed by atoms with E-state index in [1.165, 1.54) is 18.1 Å². The third kappa shape index (κ3) is 2.65. The van der Waals surface area contributed by atoms with Crippen molar-refractivity contribution in [2.24, 2.45) is 0 Å². The average molecular weight is 403 g/mol. The van der Waals surface area contributed by atoms with Crippen LogP contribution in [0.15, 0.2) is 36.4 Å². The van der Waals surface area contributed by atoms with Crippen LogP contribution in [0, 0.1) is 0 Å². The Morgan fingerprint density at radius 1 is 0.967 bits per heavy atom. The third-order valence-electron chi connectivity index (χ3n) is 6.37. The smallest absolute Gasteiger partial charge is 0.264 e. The van der Waals surface area contributed by atoms with Gasteiger partial charge in [-0.15, -0.1) is 0 Å². The molecule has 3 aliphatic rings. The fourth-order valence-corrected chi connectivity index (χ4v) is 4.65. The van der Waals surface area contributed by atoms with Gasteiger partial charge in [0.15, 0.2) is 0 Å². The Morgan fingerprint density at radius 2 is 1.77 bits per heavy atom. The number of aryl methyl sites for hydroxylation is 2. The number of imide groups is 2. The molecule has 1 fully saturated rings. The van der Waals surface area contributed by atoms with Crippen molar-refractivity contribution < 1.29 is 19.2 Å². The van der Waals surface area contributed by atoms with Crippen LogP contribution in [0.25, 0.3) is 0 Å². The molecule has 2 aliphatic heterocycles. The first-order valence-corrected chi connectivity index (χ1v) is 10.1. The highest BCUT2D eigenvalue weighted by Gasteiger charge is 2.53. The van der Waals surface area contributed by atoms with Gasteiger partial charge in [0.25, 0.3) is 17.7 Å². The molecule has 0 saturated carbocycles. The SMILES string of the molecule is CC1(N2C(=O)c3cccc(Nc4ccc5c(c4)CCC5)c3C2=O)CCC(=O)NC1=O. The molecule has 0 spiro atoms. The Kier molecular flexibility index (Phi) is 4.03. The fraction of sp³-hybridized carbons (Fsp3) is 0.304. The van der Waals surface area contributed by atoms with Gasteiger partial charge in [-0.2, -0.15) is 0 Å². The standard InChI is InChI=1S/C23H21N3O4/c1-23(11-10-18(27)25-22(23)30)26-20(28)16-6-3-7-17(19(16)21(26)29)24-15-9-8-13-4-2-5-14(13)12-15/h3,6-9,12,24H,2,4-5,10-11H2,1H3,(H,25,27,30). The zero-order valence-corrected chi connectivity index (χ0v) is 16.6. The topological polar surface area (TPSA) is 95.6 Å². The summed E-state index contributed by atoms with van der Waals surface area (Å²) in [6.45, 7) is 1.53. The van der Waals surface area contributed by atoms with Crippen molar-refractivity contribution in [2.75, 3.05) is 5.32 Å². The van der Waals surface area contributed by atoms with Gasteiger partial charge in [0.05, 0.1) is 16.8 Å². The summed E-state index contributed by atoms with van der Waals surface area (Å²) in [7, 11) is 0. The molecule has 1 unspecified atom stereocenters. The lowest BCUT2D eigenvalue weighted by molar-refractivity contribution is -0.140. The minimum atomic E-state index is -1.40. The van der Waals surface area contributed by atoms with Crippen molar-refractivity contribution in [3.8, 4) is 0 Å². The summed E-state index contributed by atoms with van der Waals surface area (Å²) in [5.74, 6) is -2.06. The van der Waals surface area contributed by atoms with Crippen LogP contribution in [-0.2, 0) is 22.4 Å². The van der Waals surface area contributed by atoms with Gasteiger partial charge in [-0.3, -0.25) is 29.4 Å². The highest BCUT2D eigenvalue weighted by Crippen LogP contribution is 2.38. The summed E-state index contributed by atoms with van der Waals surface area (Å²) in [6, 6.07) is 11.2. The van der Waals surface area contributed by atoms with E-state index in [0.717, 1.165) is 29.8 Å². The highest BCUT2D eigenvalue weighted by molar-refractivity contribution is 6.26. The maximum atomic E-state index is 13.3. The van der Waals surface area contributed by atoms with Crippen LogP contribution in [0.5, 0.6) is 0 Å². The van der Waals surface area contributed by atoms with Gasteiger partial charge in [0.2, 0.25) is 5.91 Å². The monoisotopic (exact) mass is 403 g/mol. The number of carbonyl (C=O) groups is 4. The highest BCUT2D eigenvalue weighted by atomic mass is 16.2. The lowest BCUT2D eigenvalue weighted by atomic mass is 9.89. The van der Waals surface area contributed by atoms with E-state index < -0.39 is 29.2 Å². The van der Waals surface area contributed by atoms with Crippen LogP contribution in [0.3, 0.4) is 0 Å². The number of amides is 4. The number of hydrogen-bond donors (Lipinski definition) is 2. The van der Waals surface area contributed by atoms with Crippen molar-refractivity contribution in [1.82, 2.24) is 10.2 Å². The third-order valence-corrected chi connectivity index (χ3v) is 6.37. The first-order chi connectivity index (χ1) is 14.4. The molecule has 0 bridgehead atoms. The van der Waals surface area contributed by atoms with Crippen molar-refractivity contribution >= 4 is 35.0 Å². The van der Waals surface area contributed by atoms with E-state index in [4.69, 9.17) is 0 Å². The van der Waals surface area contributed by atoms with E-state index in [9.17, 15) is 19.2 Å². The molecule has 0 radical (unpaired) electrons. The van der Waals surface area contributed by atoms with Crippen LogP contribution in [0.4, 0.5) is 11.4 Å². The number of fused-ring (bicyclic) bond motifs is 2. The first-order valence-electron chi connectivity index (χ1n) is 10.1. The molecule has 2 heterocycles. The predicted molar refractivity (Wildman–Crippen MR) is 109 cm³/mol. The van der Waals surface area contributed by atoms with Crippen molar-refractivity contribution in [3.05, 3.63) is 58.7 Å². The van der Waals surface area contributed by atoms with Crippen LogP contribution in [-0.4, -0.2) is 34.1 Å². The van der Waals surface area contributed by atoms with Gasteiger partial charge in [0, 0.05) is 12.1 Å². The second kappa shape index (κ2) is 6.52. The number of rotatable bonds is 3. The molecule has 1 saturated heterocycles. The van der Waals surface area contributed by atoms with Crippen LogP contribution >= 0.6 is 0 Å². The minimum Gasteiger partial charge on any atom is -0.355 e. The van der Waals surface area contributed by atoms with Crippen LogP contribution in [0.1, 0.15) is 58.0 Å². The molecule has 30 heavy (non-hydrogen) atoms. The molecule has 2 N–H and O–H groups in total. The predicted octanol–water partition coefficient (Wildman–Crippen LogP) is 2.71. The lowest BCUT2D eigenvalue weighted by Gasteiger charge is -2.38. The molecule has 152 valence electrons. The summed E-state index contributed by atoms with van der Waals surface area (Å²) in [6.07, 6.45) is 3.45. The number of hydrogen-bond acceptors (Lipinski definition) is 5. The Labute approximate surface area is 173 Å². The maximum absolute atomic E-state index is 13.3. The van der Waals surface area contributed by atoms with E-state index in [0.29, 0.717) is 5.69 Å². The van der Waals surface area contributed by atoms with Gasteiger partial charge >= 0.3 is 0 Å². The van der Waals surface area contributed by atoms with Gasteiger partial charge in [-0.25, -0.2) is 0 Å². The van der Waals surface area contributed by atoms with Gasteiger partial charge in [-0.05, 0) is 68.0 Å². The van der Waals surface area contributed by atoms with Gasteiger partial charge < -0.3 is 5.32 Å². The molecule has 4 amide bonds. The lowest BCUT2D eigenvalue weighted by Crippen LogP contribution is -2.62. The Balaban J connectivity index is 1.51. The summed E-state index contributed by atoms with van der Waals surface area (Å²) in [5.41, 5.74) is 3.16. The molecule has 2 aromatic rings. The summed E-state index contributed by atoms with van der Waals surface area (Å²) >= 11 is 0.